The van der Waals surface area contributed by atoms with E-state index in [1.807, 2.05) is 19.2 Å². The van der Waals surface area contributed by atoms with E-state index in [0.29, 0.717) is 5.11 Å². The molecule has 0 radical (unpaired) electrons. The lowest BCUT2D eigenvalue weighted by atomic mass is 9.87. The Hall–Kier alpha value is -1.09. The molecule has 0 saturated carbocycles. The molecule has 0 saturated heterocycles. The van der Waals surface area contributed by atoms with Crippen molar-refractivity contribution in [1.29, 1.82) is 0 Å². The average molecular weight is 222 g/mol. The van der Waals surface area contributed by atoms with Gasteiger partial charge in [0.2, 0.25) is 0 Å². The fraction of sp³-hybridized carbons (Fsp3) is 0.417. The summed E-state index contributed by atoms with van der Waals surface area (Å²) in [6.45, 7) is 6.58. The van der Waals surface area contributed by atoms with E-state index >= 15 is 0 Å². The highest BCUT2D eigenvalue weighted by molar-refractivity contribution is 7.80. The van der Waals surface area contributed by atoms with Gasteiger partial charge in [0.05, 0.1) is 0 Å². The zero-order valence-electron chi connectivity index (χ0n) is 9.74. The number of hydrogen-bond acceptors (Lipinski definition) is 1. The van der Waals surface area contributed by atoms with E-state index in [4.69, 9.17) is 18.0 Å². The van der Waals surface area contributed by atoms with Crippen molar-refractivity contribution in [3.8, 4) is 0 Å². The van der Waals surface area contributed by atoms with Gasteiger partial charge < -0.3 is 10.6 Å². The topological polar surface area (TPSA) is 29.3 Å². The van der Waals surface area contributed by atoms with Crippen molar-refractivity contribution in [2.45, 2.75) is 26.2 Å². The van der Waals surface area contributed by atoms with Crippen molar-refractivity contribution in [3.63, 3.8) is 0 Å². The molecule has 1 aromatic carbocycles. The van der Waals surface area contributed by atoms with E-state index in [1.165, 1.54) is 5.56 Å². The molecule has 2 nitrogen and oxygen atoms in total. The molecule has 0 fully saturated rings. The van der Waals surface area contributed by atoms with Crippen LogP contribution in [-0.2, 0) is 5.41 Å². The summed E-state index contributed by atoms with van der Waals surface area (Å²) in [5.41, 5.74) is 8.06. The maximum atomic E-state index is 5.55. The molecule has 0 aliphatic heterocycles. The number of hydrogen-bond donors (Lipinski definition) is 1. The summed E-state index contributed by atoms with van der Waals surface area (Å²) >= 11 is 4.91. The average Bonchev–Trinajstić information content (AvgIpc) is 2.15. The smallest absolute Gasteiger partial charge is 0.170 e. The minimum atomic E-state index is 0.181. The maximum absolute atomic E-state index is 5.55. The van der Waals surface area contributed by atoms with E-state index in [2.05, 4.69) is 32.9 Å². The highest BCUT2D eigenvalue weighted by Crippen LogP contribution is 2.24. The van der Waals surface area contributed by atoms with Gasteiger partial charge in [-0.2, -0.15) is 0 Å². The summed E-state index contributed by atoms with van der Waals surface area (Å²) in [5, 5.41) is 0.388. The summed E-state index contributed by atoms with van der Waals surface area (Å²) in [5.74, 6) is 0. The largest absolute Gasteiger partial charge is 0.376 e. The first-order valence-corrected chi connectivity index (χ1v) is 5.37. The van der Waals surface area contributed by atoms with Crippen LogP contribution >= 0.6 is 12.2 Å². The Morgan fingerprint density at radius 2 is 1.67 bits per heavy atom. The predicted octanol–water partition coefficient (Wildman–Crippen LogP) is 2.66. The zero-order chi connectivity index (χ0) is 11.6. The second kappa shape index (κ2) is 4.19. The van der Waals surface area contributed by atoms with Crippen LogP contribution in [0.5, 0.6) is 0 Å². The molecule has 1 aromatic rings. The van der Waals surface area contributed by atoms with Crippen molar-refractivity contribution in [1.82, 2.24) is 0 Å². The third-order valence-corrected chi connectivity index (χ3v) is 2.73. The summed E-state index contributed by atoms with van der Waals surface area (Å²) in [6.07, 6.45) is 0. The number of anilines is 1. The van der Waals surface area contributed by atoms with Crippen LogP contribution in [0.3, 0.4) is 0 Å². The van der Waals surface area contributed by atoms with Crippen LogP contribution in [0, 0.1) is 0 Å². The van der Waals surface area contributed by atoms with Gasteiger partial charge in [0.1, 0.15) is 0 Å². The normalized spacial score (nSPS) is 11.2. The zero-order valence-corrected chi connectivity index (χ0v) is 10.6. The number of nitrogens with two attached hydrogens (primary N) is 1. The molecule has 0 bridgehead atoms. The van der Waals surface area contributed by atoms with E-state index in [0.717, 1.165) is 5.69 Å². The molecule has 0 spiro atoms. The van der Waals surface area contributed by atoms with Crippen LogP contribution in [0.25, 0.3) is 0 Å². The highest BCUT2D eigenvalue weighted by Gasteiger charge is 2.13. The number of rotatable bonds is 1. The van der Waals surface area contributed by atoms with Gasteiger partial charge in [-0.1, -0.05) is 32.9 Å². The summed E-state index contributed by atoms with van der Waals surface area (Å²) in [6, 6.07) is 8.31. The fourth-order valence-corrected chi connectivity index (χ4v) is 1.42. The van der Waals surface area contributed by atoms with Crippen LogP contribution in [0.1, 0.15) is 26.3 Å². The van der Waals surface area contributed by atoms with Gasteiger partial charge in [0, 0.05) is 12.7 Å². The molecule has 0 atom stereocenters. The van der Waals surface area contributed by atoms with Gasteiger partial charge >= 0.3 is 0 Å². The summed E-state index contributed by atoms with van der Waals surface area (Å²) in [4.78, 5) is 1.79. The van der Waals surface area contributed by atoms with Crippen LogP contribution < -0.4 is 10.6 Å². The SMILES string of the molecule is CN(C(N)=S)c1ccc(C(C)(C)C)cc1. The van der Waals surface area contributed by atoms with Crippen molar-refractivity contribution in [3.05, 3.63) is 29.8 Å². The number of benzene rings is 1. The molecule has 0 aliphatic rings. The lowest BCUT2D eigenvalue weighted by Crippen LogP contribution is -2.31. The Balaban J connectivity index is 2.95. The molecule has 0 aliphatic carbocycles. The lowest BCUT2D eigenvalue weighted by Gasteiger charge is -2.21. The molecule has 0 aromatic heterocycles. The second-order valence-electron chi connectivity index (χ2n) is 4.69. The summed E-state index contributed by atoms with van der Waals surface area (Å²) in [7, 11) is 1.87. The van der Waals surface area contributed by atoms with Crippen LogP contribution in [0.15, 0.2) is 24.3 Å². The molecule has 2 N–H and O–H groups in total. The third-order valence-electron chi connectivity index (χ3n) is 2.45. The Kier molecular flexibility index (Phi) is 3.35. The van der Waals surface area contributed by atoms with Gasteiger partial charge in [-0.15, -0.1) is 0 Å². The molecule has 0 heterocycles. The van der Waals surface area contributed by atoms with Crippen molar-refractivity contribution in [2.24, 2.45) is 5.73 Å². The lowest BCUT2D eigenvalue weighted by molar-refractivity contribution is 0.590. The molecule has 3 heteroatoms. The Labute approximate surface area is 97.1 Å². The van der Waals surface area contributed by atoms with Gasteiger partial charge in [0.15, 0.2) is 5.11 Å². The van der Waals surface area contributed by atoms with Gasteiger partial charge in [0.25, 0.3) is 0 Å². The van der Waals surface area contributed by atoms with Crippen LogP contribution in [-0.4, -0.2) is 12.2 Å². The fourth-order valence-electron chi connectivity index (χ4n) is 1.31. The molecular weight excluding hydrogens is 204 g/mol. The summed E-state index contributed by atoms with van der Waals surface area (Å²) < 4.78 is 0. The van der Waals surface area contributed by atoms with Crippen molar-refractivity contribution >= 4 is 23.0 Å². The first kappa shape index (κ1) is 12.0. The Bertz CT molecular complexity index is 349. The van der Waals surface area contributed by atoms with E-state index in [-0.39, 0.29) is 5.41 Å². The van der Waals surface area contributed by atoms with Crippen molar-refractivity contribution < 1.29 is 0 Å². The molecule has 1 rings (SSSR count). The monoisotopic (exact) mass is 222 g/mol. The minimum absolute atomic E-state index is 0.181. The standard InChI is InChI=1S/C12H18N2S/c1-12(2,3)9-5-7-10(8-6-9)14(4)11(13)15/h5-8H,1-4H3,(H2,13,15). The van der Waals surface area contributed by atoms with Crippen LogP contribution in [0.4, 0.5) is 5.69 Å². The molecular formula is C12H18N2S. The van der Waals surface area contributed by atoms with Crippen molar-refractivity contribution in [2.75, 3.05) is 11.9 Å². The molecule has 0 amide bonds. The molecule has 82 valence electrons. The van der Waals surface area contributed by atoms with E-state index in [1.54, 1.807) is 4.90 Å². The first-order chi connectivity index (χ1) is 6.82. The number of thiocarbonyl (C=S) groups is 1. The van der Waals surface area contributed by atoms with Gasteiger partial charge in [-0.05, 0) is 35.3 Å². The first-order valence-electron chi connectivity index (χ1n) is 4.96. The maximum Gasteiger partial charge on any atom is 0.170 e. The molecule has 0 unspecified atom stereocenters. The van der Waals surface area contributed by atoms with E-state index in [9.17, 15) is 0 Å². The minimum Gasteiger partial charge on any atom is -0.376 e. The third kappa shape index (κ3) is 2.93. The predicted molar refractivity (Wildman–Crippen MR) is 70.3 cm³/mol. The second-order valence-corrected chi connectivity index (χ2v) is 5.11. The quantitative estimate of drug-likeness (QED) is 0.741. The van der Waals surface area contributed by atoms with Crippen LogP contribution in [0.2, 0.25) is 0 Å². The van der Waals surface area contributed by atoms with Gasteiger partial charge in [-0.3, -0.25) is 0 Å². The number of nitrogens with zero attached hydrogens (tertiary/aromatic N) is 1. The Morgan fingerprint density at radius 1 is 1.20 bits per heavy atom. The molecule has 15 heavy (non-hydrogen) atoms. The van der Waals surface area contributed by atoms with E-state index < -0.39 is 0 Å². The highest BCUT2D eigenvalue weighted by atomic mass is 32.1. The van der Waals surface area contributed by atoms with Gasteiger partial charge in [-0.25, -0.2) is 0 Å². The Morgan fingerprint density at radius 3 is 2.00 bits per heavy atom.